The van der Waals surface area contributed by atoms with Crippen LogP contribution >= 0.6 is 31.9 Å². The summed E-state index contributed by atoms with van der Waals surface area (Å²) in [6.07, 6.45) is 4.30. The van der Waals surface area contributed by atoms with E-state index in [4.69, 9.17) is 5.11 Å². The lowest BCUT2D eigenvalue weighted by Gasteiger charge is -2.02. The molecule has 82 valence electrons. The molecule has 16 heavy (non-hydrogen) atoms. The van der Waals surface area contributed by atoms with E-state index in [0.29, 0.717) is 5.82 Å². The largest absolute Gasteiger partial charge is 0.478 e. The fraction of sp³-hybridized carbons (Fsp3) is 0. The minimum atomic E-state index is -1.01. The molecule has 5 nitrogen and oxygen atoms in total. The van der Waals surface area contributed by atoms with Gasteiger partial charge < -0.3 is 5.11 Å². The molecule has 0 spiro atoms. The standard InChI is InChI=1S/C9H5Br2N3O2/c10-6-1-7(11)8(12-3-6)14-4-5(2-13-14)9(15)16/h1-4H,(H,15,16). The van der Waals surface area contributed by atoms with Gasteiger partial charge in [-0.3, -0.25) is 0 Å². The van der Waals surface area contributed by atoms with Crippen LogP contribution in [0.4, 0.5) is 0 Å². The average molecular weight is 347 g/mol. The molecule has 0 fully saturated rings. The molecular weight excluding hydrogens is 342 g/mol. The average Bonchev–Trinajstić information content (AvgIpc) is 2.66. The quantitative estimate of drug-likeness (QED) is 0.907. The molecule has 0 saturated carbocycles. The predicted octanol–water partition coefficient (Wildman–Crippen LogP) is 2.49. The zero-order valence-corrected chi connectivity index (χ0v) is 10.9. The van der Waals surface area contributed by atoms with E-state index in [1.807, 2.05) is 6.07 Å². The molecule has 0 amide bonds. The lowest BCUT2D eigenvalue weighted by molar-refractivity contribution is 0.0697. The van der Waals surface area contributed by atoms with Gasteiger partial charge in [-0.1, -0.05) is 0 Å². The molecule has 2 rings (SSSR count). The molecule has 0 atom stereocenters. The first-order valence-corrected chi connectivity index (χ1v) is 5.76. The summed E-state index contributed by atoms with van der Waals surface area (Å²) in [7, 11) is 0. The number of pyridine rings is 1. The van der Waals surface area contributed by atoms with Crippen molar-refractivity contribution in [3.8, 4) is 5.82 Å². The zero-order chi connectivity index (χ0) is 11.7. The minimum Gasteiger partial charge on any atom is -0.478 e. The third-order valence-corrected chi connectivity index (χ3v) is 2.85. The molecule has 2 heterocycles. The summed E-state index contributed by atoms with van der Waals surface area (Å²) in [5.74, 6) is -0.477. The third-order valence-electron chi connectivity index (χ3n) is 1.83. The second-order valence-electron chi connectivity index (χ2n) is 2.94. The van der Waals surface area contributed by atoms with Gasteiger partial charge in [0.15, 0.2) is 5.82 Å². The first kappa shape index (κ1) is 11.3. The van der Waals surface area contributed by atoms with Crippen LogP contribution in [0.15, 0.2) is 33.6 Å². The van der Waals surface area contributed by atoms with Gasteiger partial charge >= 0.3 is 5.97 Å². The Kier molecular flexibility index (Phi) is 3.06. The number of halogens is 2. The Labute approximate surface area is 107 Å². The van der Waals surface area contributed by atoms with Gasteiger partial charge in [0.1, 0.15) is 0 Å². The summed E-state index contributed by atoms with van der Waals surface area (Å²) in [5, 5.41) is 12.7. The van der Waals surface area contributed by atoms with Crippen molar-refractivity contribution in [2.24, 2.45) is 0 Å². The molecule has 2 aromatic heterocycles. The first-order valence-electron chi connectivity index (χ1n) is 4.17. The maximum atomic E-state index is 10.7. The Balaban J connectivity index is 2.46. The fourth-order valence-corrected chi connectivity index (χ4v) is 2.29. The molecular formula is C9H5Br2N3O2. The number of carboxylic acids is 1. The Hall–Kier alpha value is -1.21. The Morgan fingerprint density at radius 3 is 2.69 bits per heavy atom. The summed E-state index contributed by atoms with van der Waals surface area (Å²) in [4.78, 5) is 14.8. The highest BCUT2D eigenvalue weighted by Gasteiger charge is 2.10. The Morgan fingerprint density at radius 2 is 2.12 bits per heavy atom. The van der Waals surface area contributed by atoms with Crippen molar-refractivity contribution < 1.29 is 9.90 Å². The molecule has 1 N–H and O–H groups in total. The van der Waals surface area contributed by atoms with Gasteiger partial charge in [-0.25, -0.2) is 14.5 Å². The van der Waals surface area contributed by atoms with Gasteiger partial charge in [-0.15, -0.1) is 0 Å². The lowest BCUT2D eigenvalue weighted by Crippen LogP contribution is -1.99. The van der Waals surface area contributed by atoms with E-state index in [2.05, 4.69) is 41.9 Å². The van der Waals surface area contributed by atoms with E-state index in [9.17, 15) is 4.79 Å². The van der Waals surface area contributed by atoms with Crippen molar-refractivity contribution in [3.63, 3.8) is 0 Å². The van der Waals surface area contributed by atoms with Gasteiger partial charge in [0.2, 0.25) is 0 Å². The molecule has 0 radical (unpaired) electrons. The molecule has 2 aromatic rings. The van der Waals surface area contributed by atoms with Crippen LogP contribution in [0.3, 0.4) is 0 Å². The zero-order valence-electron chi connectivity index (χ0n) is 7.76. The van der Waals surface area contributed by atoms with Gasteiger partial charge in [0, 0.05) is 16.9 Å². The normalized spacial score (nSPS) is 10.4. The molecule has 0 saturated heterocycles. The molecule has 0 unspecified atom stereocenters. The summed E-state index contributed by atoms with van der Waals surface area (Å²) in [6, 6.07) is 1.81. The van der Waals surface area contributed by atoms with Gasteiger partial charge in [-0.05, 0) is 37.9 Å². The van der Waals surface area contributed by atoms with E-state index < -0.39 is 5.97 Å². The van der Waals surface area contributed by atoms with Crippen LogP contribution in [-0.4, -0.2) is 25.8 Å². The van der Waals surface area contributed by atoms with E-state index in [0.717, 1.165) is 8.95 Å². The molecule has 0 aliphatic heterocycles. The smallest absolute Gasteiger partial charge is 0.338 e. The minimum absolute atomic E-state index is 0.122. The van der Waals surface area contributed by atoms with Crippen LogP contribution in [0.25, 0.3) is 5.82 Å². The number of hydrogen-bond acceptors (Lipinski definition) is 3. The van der Waals surface area contributed by atoms with Gasteiger partial charge in [0.05, 0.1) is 16.2 Å². The highest BCUT2D eigenvalue weighted by molar-refractivity contribution is 9.11. The maximum absolute atomic E-state index is 10.7. The van der Waals surface area contributed by atoms with Crippen molar-refractivity contribution in [2.45, 2.75) is 0 Å². The van der Waals surface area contributed by atoms with Crippen molar-refractivity contribution in [2.75, 3.05) is 0 Å². The predicted molar refractivity (Wildman–Crippen MR) is 63.7 cm³/mol. The number of nitrogens with zero attached hydrogens (tertiary/aromatic N) is 3. The van der Waals surface area contributed by atoms with Crippen molar-refractivity contribution in [1.82, 2.24) is 14.8 Å². The Bertz CT molecular complexity index is 553. The number of carboxylic acid groups (broad SMARTS) is 1. The van der Waals surface area contributed by atoms with Crippen molar-refractivity contribution >= 4 is 37.8 Å². The number of hydrogen-bond donors (Lipinski definition) is 1. The Morgan fingerprint density at radius 1 is 1.38 bits per heavy atom. The molecule has 0 aromatic carbocycles. The maximum Gasteiger partial charge on any atom is 0.338 e. The van der Waals surface area contributed by atoms with E-state index >= 15 is 0 Å². The van der Waals surface area contributed by atoms with Crippen LogP contribution in [0, 0.1) is 0 Å². The van der Waals surface area contributed by atoms with Crippen LogP contribution in [0.5, 0.6) is 0 Å². The van der Waals surface area contributed by atoms with Crippen LogP contribution in [0.1, 0.15) is 10.4 Å². The summed E-state index contributed by atoms with van der Waals surface area (Å²) in [5.41, 5.74) is 0.122. The summed E-state index contributed by atoms with van der Waals surface area (Å²) >= 11 is 6.61. The summed E-state index contributed by atoms with van der Waals surface area (Å²) < 4.78 is 2.95. The monoisotopic (exact) mass is 345 g/mol. The van der Waals surface area contributed by atoms with E-state index in [1.165, 1.54) is 17.1 Å². The number of aromatic carboxylic acids is 1. The first-order chi connectivity index (χ1) is 7.58. The third kappa shape index (κ3) is 2.14. The topological polar surface area (TPSA) is 68.0 Å². The van der Waals surface area contributed by atoms with E-state index in [1.54, 1.807) is 6.20 Å². The van der Waals surface area contributed by atoms with Gasteiger partial charge in [-0.2, -0.15) is 5.10 Å². The lowest BCUT2D eigenvalue weighted by atomic mass is 10.4. The number of carbonyl (C=O) groups is 1. The molecule has 0 aliphatic carbocycles. The van der Waals surface area contributed by atoms with Crippen molar-refractivity contribution in [1.29, 1.82) is 0 Å². The van der Waals surface area contributed by atoms with Crippen molar-refractivity contribution in [3.05, 3.63) is 39.2 Å². The second kappa shape index (κ2) is 4.34. The fourth-order valence-electron chi connectivity index (χ4n) is 1.13. The molecule has 0 aliphatic rings. The van der Waals surface area contributed by atoms with Crippen LogP contribution < -0.4 is 0 Å². The highest BCUT2D eigenvalue weighted by Crippen LogP contribution is 2.22. The van der Waals surface area contributed by atoms with Gasteiger partial charge in [0.25, 0.3) is 0 Å². The molecule has 0 bridgehead atoms. The van der Waals surface area contributed by atoms with E-state index in [-0.39, 0.29) is 5.56 Å². The number of rotatable bonds is 2. The molecule has 7 heteroatoms. The highest BCUT2D eigenvalue weighted by atomic mass is 79.9. The summed E-state index contributed by atoms with van der Waals surface area (Å²) in [6.45, 7) is 0. The van der Waals surface area contributed by atoms with Crippen LogP contribution in [0.2, 0.25) is 0 Å². The number of aromatic nitrogens is 3. The SMILES string of the molecule is O=C(O)c1cnn(-c2ncc(Br)cc2Br)c1. The second-order valence-corrected chi connectivity index (χ2v) is 4.71. The van der Waals surface area contributed by atoms with Crippen LogP contribution in [-0.2, 0) is 0 Å².